The summed E-state index contributed by atoms with van der Waals surface area (Å²) in [5.41, 5.74) is 3.02. The van der Waals surface area contributed by atoms with Crippen LogP contribution in [0.4, 0.5) is 10.1 Å². The summed E-state index contributed by atoms with van der Waals surface area (Å²) in [7, 11) is 0. The highest BCUT2D eigenvalue weighted by Crippen LogP contribution is 2.37. The van der Waals surface area contributed by atoms with Gasteiger partial charge in [0.2, 0.25) is 0 Å². The Kier molecular flexibility index (Phi) is 6.99. The third kappa shape index (κ3) is 4.60. The molecule has 1 amide bonds. The van der Waals surface area contributed by atoms with Crippen molar-refractivity contribution >= 4 is 56.9 Å². The van der Waals surface area contributed by atoms with Crippen LogP contribution in [-0.4, -0.2) is 32.8 Å². The van der Waals surface area contributed by atoms with E-state index < -0.39 is 0 Å². The lowest BCUT2D eigenvalue weighted by Gasteiger charge is -2.34. The normalized spacial score (nSPS) is 18.1. The Bertz CT molecular complexity index is 1420. The molecule has 2 aliphatic rings. The number of hydrogen-bond donors (Lipinski definition) is 0. The van der Waals surface area contributed by atoms with Crippen molar-refractivity contribution in [2.24, 2.45) is 5.92 Å². The first kappa shape index (κ1) is 24.7. The number of rotatable bonds is 5. The number of piperidine rings is 1. The number of para-hydroxylation sites is 1. The van der Waals surface area contributed by atoms with Crippen molar-refractivity contribution in [1.82, 2.24) is 9.47 Å². The molecule has 1 aromatic heterocycles. The number of benzene rings is 2. The van der Waals surface area contributed by atoms with Crippen LogP contribution in [-0.2, 0) is 17.9 Å². The summed E-state index contributed by atoms with van der Waals surface area (Å²) in [6, 6.07) is 14.0. The minimum Gasteiger partial charge on any atom is -0.370 e. The molecule has 0 N–H and O–H groups in total. The zero-order valence-corrected chi connectivity index (χ0v) is 22.0. The lowest BCUT2D eigenvalue weighted by atomic mass is 9.97. The van der Waals surface area contributed by atoms with Crippen LogP contribution >= 0.6 is 24.0 Å². The van der Waals surface area contributed by atoms with E-state index in [4.69, 9.17) is 12.2 Å². The number of hydrogen-bond acceptors (Lipinski definition) is 5. The van der Waals surface area contributed by atoms with Crippen LogP contribution < -0.4 is 10.5 Å². The molecular formula is C28H28FN3O2S2. The summed E-state index contributed by atoms with van der Waals surface area (Å²) < 4.78 is 15.5. The number of thioether (sulfide) groups is 1. The minimum absolute atomic E-state index is 0.103. The number of thiocarbonyl (C=S) groups is 1. The highest BCUT2D eigenvalue weighted by atomic mass is 32.2. The van der Waals surface area contributed by atoms with E-state index in [9.17, 15) is 14.0 Å². The molecule has 3 heterocycles. The average Bonchev–Trinajstić information content (AvgIpc) is 3.14. The number of fused-ring (bicyclic) bond motifs is 1. The summed E-state index contributed by atoms with van der Waals surface area (Å²) in [5, 5.41) is 1.02. The van der Waals surface area contributed by atoms with Gasteiger partial charge in [0.1, 0.15) is 10.1 Å². The van der Waals surface area contributed by atoms with E-state index in [1.54, 1.807) is 22.8 Å². The molecule has 2 fully saturated rings. The Morgan fingerprint density at radius 2 is 1.78 bits per heavy atom. The summed E-state index contributed by atoms with van der Waals surface area (Å²) in [6.07, 6.45) is 3.85. The van der Waals surface area contributed by atoms with E-state index in [2.05, 4.69) is 17.9 Å². The van der Waals surface area contributed by atoms with Gasteiger partial charge in [0.15, 0.2) is 0 Å². The number of pyridine rings is 1. The Hall–Kier alpha value is -2.97. The zero-order valence-electron chi connectivity index (χ0n) is 20.4. The van der Waals surface area contributed by atoms with Crippen molar-refractivity contribution in [3.63, 3.8) is 0 Å². The molecular weight excluding hydrogens is 493 g/mol. The number of anilines is 1. The van der Waals surface area contributed by atoms with Gasteiger partial charge in [0, 0.05) is 25.0 Å². The largest absolute Gasteiger partial charge is 0.370 e. The van der Waals surface area contributed by atoms with Crippen LogP contribution in [0.15, 0.2) is 58.2 Å². The predicted octanol–water partition coefficient (Wildman–Crippen LogP) is 5.80. The van der Waals surface area contributed by atoms with E-state index in [0.29, 0.717) is 27.3 Å². The number of aryl methyl sites for hydroxylation is 1. The second-order valence-corrected chi connectivity index (χ2v) is 11.1. The molecule has 8 heteroatoms. The molecule has 2 aliphatic heterocycles. The fourth-order valence-electron chi connectivity index (χ4n) is 4.97. The molecule has 0 atom stereocenters. The van der Waals surface area contributed by atoms with Gasteiger partial charge in [-0.05, 0) is 55.5 Å². The van der Waals surface area contributed by atoms with Crippen LogP contribution in [0.25, 0.3) is 17.0 Å². The lowest BCUT2D eigenvalue weighted by Crippen LogP contribution is -2.36. The smallest absolute Gasteiger partial charge is 0.266 e. The van der Waals surface area contributed by atoms with Crippen molar-refractivity contribution in [1.29, 1.82) is 0 Å². The quantitative estimate of drug-likeness (QED) is 0.314. The predicted molar refractivity (Wildman–Crippen MR) is 150 cm³/mol. The van der Waals surface area contributed by atoms with E-state index in [-0.39, 0.29) is 23.8 Å². The molecule has 36 heavy (non-hydrogen) atoms. The maximum absolute atomic E-state index is 13.8. The number of nitrogens with zero attached hydrogens (tertiary/aromatic N) is 3. The van der Waals surface area contributed by atoms with Crippen molar-refractivity contribution in [2.75, 3.05) is 18.0 Å². The first-order chi connectivity index (χ1) is 17.4. The first-order valence-corrected chi connectivity index (χ1v) is 13.5. The molecule has 5 rings (SSSR count). The minimum atomic E-state index is -0.327. The highest BCUT2D eigenvalue weighted by molar-refractivity contribution is 8.26. The number of carbonyl (C=O) groups excluding carboxylic acids is 1. The van der Waals surface area contributed by atoms with Crippen molar-refractivity contribution in [2.45, 2.75) is 39.8 Å². The molecule has 186 valence electrons. The number of halogens is 1. The Balaban J connectivity index is 1.60. The van der Waals surface area contributed by atoms with Gasteiger partial charge in [-0.2, -0.15) is 0 Å². The molecule has 0 aliphatic carbocycles. The Morgan fingerprint density at radius 3 is 2.47 bits per heavy atom. The summed E-state index contributed by atoms with van der Waals surface area (Å²) in [6.45, 7) is 6.75. The molecule has 2 saturated heterocycles. The topological polar surface area (TPSA) is 45.6 Å². The van der Waals surface area contributed by atoms with Crippen LogP contribution in [0.5, 0.6) is 0 Å². The van der Waals surface area contributed by atoms with Gasteiger partial charge < -0.3 is 9.47 Å². The third-order valence-electron chi connectivity index (χ3n) is 7.00. The highest BCUT2D eigenvalue weighted by Gasteiger charge is 2.33. The second kappa shape index (κ2) is 10.2. The maximum Gasteiger partial charge on any atom is 0.266 e. The number of aromatic nitrogens is 1. The summed E-state index contributed by atoms with van der Waals surface area (Å²) >= 11 is 6.74. The zero-order chi connectivity index (χ0) is 25.4. The van der Waals surface area contributed by atoms with Gasteiger partial charge in [-0.15, -0.1) is 0 Å². The maximum atomic E-state index is 13.8. The lowest BCUT2D eigenvalue weighted by molar-refractivity contribution is -0.122. The van der Waals surface area contributed by atoms with Crippen molar-refractivity contribution in [3.8, 4) is 0 Å². The van der Waals surface area contributed by atoms with E-state index in [1.807, 2.05) is 25.1 Å². The van der Waals surface area contributed by atoms with Crippen LogP contribution in [0.3, 0.4) is 0 Å². The summed E-state index contributed by atoms with van der Waals surface area (Å²) in [5.74, 6) is 0.0880. The monoisotopic (exact) mass is 521 g/mol. The summed E-state index contributed by atoms with van der Waals surface area (Å²) in [4.78, 5) is 31.5. The van der Waals surface area contributed by atoms with E-state index in [1.165, 1.54) is 28.8 Å². The van der Waals surface area contributed by atoms with Gasteiger partial charge in [-0.1, -0.05) is 61.2 Å². The number of amides is 1. The van der Waals surface area contributed by atoms with Crippen LogP contribution in [0, 0.1) is 11.7 Å². The van der Waals surface area contributed by atoms with Crippen molar-refractivity contribution < 1.29 is 9.18 Å². The molecule has 0 bridgehead atoms. The molecule has 0 unspecified atom stereocenters. The fourth-order valence-corrected chi connectivity index (χ4v) is 6.20. The molecule has 0 saturated carbocycles. The van der Waals surface area contributed by atoms with E-state index >= 15 is 0 Å². The molecule has 3 aromatic rings. The van der Waals surface area contributed by atoms with Gasteiger partial charge in [0.05, 0.1) is 28.2 Å². The average molecular weight is 522 g/mol. The first-order valence-electron chi connectivity index (χ1n) is 12.3. The molecule has 5 nitrogen and oxygen atoms in total. The molecule has 2 aromatic carbocycles. The van der Waals surface area contributed by atoms with Crippen molar-refractivity contribution in [3.05, 3.63) is 80.7 Å². The standard InChI is InChI=1S/C28H28FN3O2S2/c1-3-31-23-7-5-4-6-21(23)25(30-14-12-18(2)13-15-30)22(26(31)33)16-24-27(34)32(28(35)36-24)17-19-8-10-20(29)11-9-19/h4-11,16,18H,3,12-15,17H2,1-2H3. The van der Waals surface area contributed by atoms with Gasteiger partial charge in [-0.25, -0.2) is 4.39 Å². The molecule has 0 radical (unpaired) electrons. The SMILES string of the molecule is CCn1c(=O)c(C=C2SC(=S)N(Cc3ccc(F)cc3)C2=O)c(N2CCC(C)CC2)c2ccccc21. The Morgan fingerprint density at radius 1 is 1.08 bits per heavy atom. The van der Waals surface area contributed by atoms with Gasteiger partial charge in [0.25, 0.3) is 11.5 Å². The fraction of sp³-hybridized carbons (Fsp3) is 0.321. The third-order valence-corrected chi connectivity index (χ3v) is 8.38. The number of carbonyl (C=O) groups is 1. The Labute approximate surface area is 219 Å². The van der Waals surface area contributed by atoms with Gasteiger partial charge in [-0.3, -0.25) is 14.5 Å². The van der Waals surface area contributed by atoms with Gasteiger partial charge >= 0.3 is 0 Å². The second-order valence-electron chi connectivity index (χ2n) is 9.39. The van der Waals surface area contributed by atoms with Crippen LogP contribution in [0.2, 0.25) is 0 Å². The van der Waals surface area contributed by atoms with E-state index in [0.717, 1.165) is 48.1 Å². The van der Waals surface area contributed by atoms with Crippen LogP contribution in [0.1, 0.15) is 37.8 Å². The molecule has 0 spiro atoms.